The molecule has 0 amide bonds. The van der Waals surface area contributed by atoms with Crippen LogP contribution in [0.25, 0.3) is 5.57 Å². The molecule has 1 aliphatic carbocycles. The lowest BCUT2D eigenvalue weighted by molar-refractivity contribution is -0.135. The summed E-state index contributed by atoms with van der Waals surface area (Å²) >= 11 is 0. The minimum absolute atomic E-state index is 0.260. The highest BCUT2D eigenvalue weighted by atomic mass is 16.5. The summed E-state index contributed by atoms with van der Waals surface area (Å²) in [6, 6.07) is 7.75. The van der Waals surface area contributed by atoms with Crippen molar-refractivity contribution >= 4 is 11.5 Å². The molecule has 0 aromatic heterocycles. The maximum atomic E-state index is 11.9. The molecule has 19 heavy (non-hydrogen) atoms. The zero-order valence-electron chi connectivity index (χ0n) is 11.5. The molecule has 0 fully saturated rings. The Morgan fingerprint density at radius 3 is 2.68 bits per heavy atom. The molecule has 0 N–H and O–H groups in total. The lowest BCUT2D eigenvalue weighted by atomic mass is 9.83. The monoisotopic (exact) mass is 258 g/mol. The molecule has 0 heterocycles. The largest absolute Gasteiger partial charge is 0.496 e. The second-order valence-corrected chi connectivity index (χ2v) is 4.56. The number of hydrogen-bond acceptors (Lipinski definition) is 3. The summed E-state index contributed by atoms with van der Waals surface area (Å²) in [5.41, 5.74) is 2.57. The third-order valence-corrected chi connectivity index (χ3v) is 3.36. The highest BCUT2D eigenvalue weighted by molar-refractivity contribution is 6.02. The average Bonchev–Trinajstić information content (AvgIpc) is 2.46. The molecule has 0 aliphatic heterocycles. The molecule has 3 heteroatoms. The van der Waals surface area contributed by atoms with Crippen molar-refractivity contribution in [2.75, 3.05) is 14.2 Å². The van der Waals surface area contributed by atoms with E-state index in [-0.39, 0.29) is 11.9 Å². The molecule has 1 atom stereocenters. The summed E-state index contributed by atoms with van der Waals surface area (Å²) in [5, 5.41) is 0. The van der Waals surface area contributed by atoms with Gasteiger partial charge in [-0.3, -0.25) is 0 Å². The van der Waals surface area contributed by atoms with E-state index >= 15 is 0 Å². The Hall–Kier alpha value is -2.03. The maximum Gasteiger partial charge on any atom is 0.338 e. The number of carbonyl (C=O) groups is 1. The summed E-state index contributed by atoms with van der Waals surface area (Å²) in [6.45, 7) is 2.11. The van der Waals surface area contributed by atoms with Gasteiger partial charge in [0, 0.05) is 5.56 Å². The van der Waals surface area contributed by atoms with E-state index in [9.17, 15) is 4.79 Å². The van der Waals surface area contributed by atoms with Crippen LogP contribution in [0.1, 0.15) is 18.9 Å². The molecule has 0 radical (unpaired) electrons. The number of esters is 1. The molecule has 100 valence electrons. The predicted octanol–water partition coefficient (Wildman–Crippen LogP) is 3.22. The number of hydrogen-bond donors (Lipinski definition) is 0. The van der Waals surface area contributed by atoms with Gasteiger partial charge in [-0.1, -0.05) is 37.3 Å². The molecule has 0 bridgehead atoms. The van der Waals surface area contributed by atoms with Gasteiger partial charge in [-0.25, -0.2) is 4.79 Å². The average molecular weight is 258 g/mol. The Morgan fingerprint density at radius 2 is 2.00 bits per heavy atom. The Morgan fingerprint density at radius 1 is 1.26 bits per heavy atom. The topological polar surface area (TPSA) is 35.5 Å². The first-order valence-electron chi connectivity index (χ1n) is 6.31. The molecule has 1 aromatic rings. The number of rotatable bonds is 3. The smallest absolute Gasteiger partial charge is 0.338 e. The number of carbonyl (C=O) groups excluding carboxylic acids is 1. The van der Waals surface area contributed by atoms with E-state index in [0.717, 1.165) is 23.3 Å². The van der Waals surface area contributed by atoms with Crippen molar-refractivity contribution in [3.63, 3.8) is 0 Å². The summed E-state index contributed by atoms with van der Waals surface area (Å²) in [4.78, 5) is 11.9. The standard InChI is InChI=1S/C16H18O3/c1-11-7-6-9-13(16(17)19-3)15(11)12-8-4-5-10-14(12)18-2/h4-6,8-11H,7H2,1-3H3. The van der Waals surface area contributed by atoms with Crippen molar-refractivity contribution in [2.24, 2.45) is 5.92 Å². The second-order valence-electron chi connectivity index (χ2n) is 4.56. The van der Waals surface area contributed by atoms with Crippen LogP contribution in [0.5, 0.6) is 5.75 Å². The lowest BCUT2D eigenvalue weighted by Crippen LogP contribution is -2.13. The van der Waals surface area contributed by atoms with Gasteiger partial charge in [0.1, 0.15) is 5.75 Å². The fourth-order valence-corrected chi connectivity index (χ4v) is 2.43. The molecule has 0 spiro atoms. The Labute approximate surface area is 113 Å². The van der Waals surface area contributed by atoms with Crippen LogP contribution >= 0.6 is 0 Å². The van der Waals surface area contributed by atoms with Crippen molar-refractivity contribution in [1.82, 2.24) is 0 Å². The number of para-hydroxylation sites is 1. The quantitative estimate of drug-likeness (QED) is 0.781. The normalized spacial score (nSPS) is 18.4. The van der Waals surface area contributed by atoms with Crippen molar-refractivity contribution in [2.45, 2.75) is 13.3 Å². The van der Waals surface area contributed by atoms with Crippen LogP contribution in [0.15, 0.2) is 42.0 Å². The van der Waals surface area contributed by atoms with Gasteiger partial charge in [0.2, 0.25) is 0 Å². The van der Waals surface area contributed by atoms with Crippen LogP contribution < -0.4 is 4.74 Å². The van der Waals surface area contributed by atoms with E-state index in [1.165, 1.54) is 7.11 Å². The van der Waals surface area contributed by atoms with E-state index in [4.69, 9.17) is 9.47 Å². The minimum Gasteiger partial charge on any atom is -0.496 e. The minimum atomic E-state index is -0.302. The van der Waals surface area contributed by atoms with Gasteiger partial charge in [-0.2, -0.15) is 0 Å². The first-order chi connectivity index (χ1) is 9.19. The molecule has 1 aliphatic rings. The molecular weight excluding hydrogens is 240 g/mol. The molecular formula is C16H18O3. The van der Waals surface area contributed by atoms with Crippen LogP contribution in [0.2, 0.25) is 0 Å². The summed E-state index contributed by atoms with van der Waals surface area (Å²) in [6.07, 6.45) is 4.76. The zero-order chi connectivity index (χ0) is 13.8. The van der Waals surface area contributed by atoms with Crippen molar-refractivity contribution in [1.29, 1.82) is 0 Å². The summed E-state index contributed by atoms with van der Waals surface area (Å²) < 4.78 is 10.3. The molecule has 3 nitrogen and oxygen atoms in total. The Kier molecular flexibility index (Phi) is 4.05. The molecule has 1 unspecified atom stereocenters. The van der Waals surface area contributed by atoms with E-state index in [1.807, 2.05) is 36.4 Å². The number of methoxy groups -OCH3 is 2. The van der Waals surface area contributed by atoms with Crippen LogP contribution in [0.3, 0.4) is 0 Å². The highest BCUT2D eigenvalue weighted by Crippen LogP contribution is 2.38. The fraction of sp³-hybridized carbons (Fsp3) is 0.312. The van der Waals surface area contributed by atoms with Crippen LogP contribution in [0, 0.1) is 5.92 Å². The third kappa shape index (κ3) is 2.55. The fourth-order valence-electron chi connectivity index (χ4n) is 2.43. The lowest BCUT2D eigenvalue weighted by Gasteiger charge is -2.23. The first kappa shape index (κ1) is 13.4. The Bertz CT molecular complexity index is 541. The van der Waals surface area contributed by atoms with Crippen LogP contribution in [0.4, 0.5) is 0 Å². The van der Waals surface area contributed by atoms with Gasteiger partial charge in [0.15, 0.2) is 0 Å². The summed E-state index contributed by atoms with van der Waals surface area (Å²) in [7, 11) is 3.04. The van der Waals surface area contributed by atoms with Gasteiger partial charge >= 0.3 is 5.97 Å². The third-order valence-electron chi connectivity index (χ3n) is 3.36. The van der Waals surface area contributed by atoms with Crippen molar-refractivity contribution in [3.05, 3.63) is 47.6 Å². The van der Waals surface area contributed by atoms with Gasteiger partial charge < -0.3 is 9.47 Å². The van der Waals surface area contributed by atoms with Crippen molar-refractivity contribution in [3.8, 4) is 5.75 Å². The molecule has 0 saturated heterocycles. The van der Waals surface area contributed by atoms with Gasteiger partial charge in [-0.05, 0) is 24.0 Å². The number of benzene rings is 1. The van der Waals surface area contributed by atoms with E-state index in [0.29, 0.717) is 5.57 Å². The van der Waals surface area contributed by atoms with Gasteiger partial charge in [-0.15, -0.1) is 0 Å². The van der Waals surface area contributed by atoms with Crippen molar-refractivity contribution < 1.29 is 14.3 Å². The number of ether oxygens (including phenoxy) is 2. The zero-order valence-corrected chi connectivity index (χ0v) is 11.5. The van der Waals surface area contributed by atoms with Gasteiger partial charge in [0.25, 0.3) is 0 Å². The van der Waals surface area contributed by atoms with E-state index < -0.39 is 0 Å². The summed E-state index contributed by atoms with van der Waals surface area (Å²) in [5.74, 6) is 0.736. The predicted molar refractivity (Wildman–Crippen MR) is 74.9 cm³/mol. The molecule has 2 rings (SSSR count). The van der Waals surface area contributed by atoms with E-state index in [1.54, 1.807) is 7.11 Å². The first-order valence-corrected chi connectivity index (χ1v) is 6.31. The highest BCUT2D eigenvalue weighted by Gasteiger charge is 2.24. The SMILES string of the molecule is COC(=O)C1=C(c2ccccc2OC)C(C)CC=C1. The maximum absolute atomic E-state index is 11.9. The Balaban J connectivity index is 2.62. The molecule has 1 aromatic carbocycles. The van der Waals surface area contributed by atoms with Crippen LogP contribution in [-0.4, -0.2) is 20.2 Å². The van der Waals surface area contributed by atoms with Gasteiger partial charge in [0.05, 0.1) is 19.8 Å². The van der Waals surface area contributed by atoms with Crippen LogP contribution in [-0.2, 0) is 9.53 Å². The molecule has 0 saturated carbocycles. The number of allylic oxidation sites excluding steroid dienone is 2. The van der Waals surface area contributed by atoms with E-state index in [2.05, 4.69) is 6.92 Å². The second kappa shape index (κ2) is 5.74.